The van der Waals surface area contributed by atoms with Crippen LogP contribution in [0, 0.1) is 5.92 Å². The van der Waals surface area contributed by atoms with Gasteiger partial charge in [-0.2, -0.15) is 9.97 Å². The van der Waals surface area contributed by atoms with Crippen molar-refractivity contribution in [2.45, 2.75) is 63.9 Å². The summed E-state index contributed by atoms with van der Waals surface area (Å²) in [5, 5.41) is 25.1. The minimum Gasteiger partial charge on any atom is -0.479 e. The maximum Gasteiger partial charge on any atom is 0.332 e. The van der Waals surface area contributed by atoms with Crippen LogP contribution in [0.25, 0.3) is 11.2 Å². The van der Waals surface area contributed by atoms with Gasteiger partial charge in [0.15, 0.2) is 17.4 Å². The fraction of sp³-hybridized carbons (Fsp3) is 0.552. The SMILES string of the molecule is COC(=O)[C@H](CC(C)C)NP(=O)(COCC(=O)OCc1ccccc1)OC[C@H]1O[C@@H](n2cnc3c(OC)nc(N)nc32)[C@@](C)(O)C1O. The Morgan fingerprint density at radius 3 is 2.60 bits per heavy atom. The molecule has 3 heterocycles. The number of esters is 2. The van der Waals surface area contributed by atoms with Gasteiger partial charge in [-0.05, 0) is 24.8 Å². The van der Waals surface area contributed by atoms with E-state index in [1.54, 1.807) is 24.3 Å². The zero-order valence-electron chi connectivity index (χ0n) is 26.8. The number of anilines is 1. The summed E-state index contributed by atoms with van der Waals surface area (Å²) < 4.78 is 48.0. The Bertz CT molecular complexity index is 1570. The number of benzene rings is 1. The van der Waals surface area contributed by atoms with E-state index in [4.69, 9.17) is 33.9 Å². The minimum atomic E-state index is -4.12. The van der Waals surface area contributed by atoms with Crippen LogP contribution >= 0.6 is 7.52 Å². The largest absolute Gasteiger partial charge is 0.479 e. The van der Waals surface area contributed by atoms with Gasteiger partial charge in [-0.3, -0.25) is 13.9 Å². The first-order valence-electron chi connectivity index (χ1n) is 14.7. The van der Waals surface area contributed by atoms with E-state index >= 15 is 0 Å². The number of hydrogen-bond donors (Lipinski definition) is 4. The van der Waals surface area contributed by atoms with Crippen molar-refractivity contribution < 1.29 is 52.6 Å². The van der Waals surface area contributed by atoms with Crippen molar-refractivity contribution in [2.24, 2.45) is 5.92 Å². The van der Waals surface area contributed by atoms with Gasteiger partial charge in [0.25, 0.3) is 7.52 Å². The molecule has 0 radical (unpaired) electrons. The lowest BCUT2D eigenvalue weighted by molar-refractivity contribution is -0.149. The number of imidazole rings is 1. The number of fused-ring (bicyclic) bond motifs is 1. The zero-order chi connectivity index (χ0) is 34.4. The van der Waals surface area contributed by atoms with Gasteiger partial charge in [-0.15, -0.1) is 0 Å². The van der Waals surface area contributed by atoms with Gasteiger partial charge in [0.1, 0.15) is 43.4 Å². The van der Waals surface area contributed by atoms with Crippen LogP contribution in [0.3, 0.4) is 0 Å². The van der Waals surface area contributed by atoms with Crippen molar-refractivity contribution in [3.63, 3.8) is 0 Å². The Morgan fingerprint density at radius 1 is 1.21 bits per heavy atom. The van der Waals surface area contributed by atoms with Gasteiger partial charge < -0.3 is 44.2 Å². The van der Waals surface area contributed by atoms with Crippen molar-refractivity contribution >= 4 is 36.6 Å². The molecule has 1 aromatic carbocycles. The van der Waals surface area contributed by atoms with E-state index < -0.39 is 69.1 Å². The van der Waals surface area contributed by atoms with Crippen LogP contribution < -0.4 is 15.6 Å². The van der Waals surface area contributed by atoms with E-state index in [0.717, 1.165) is 5.56 Å². The van der Waals surface area contributed by atoms with Gasteiger partial charge in [-0.25, -0.2) is 14.9 Å². The number of methoxy groups -OCH3 is 2. The third-order valence-electron chi connectivity index (χ3n) is 7.32. The van der Waals surface area contributed by atoms with Crippen LogP contribution in [-0.4, -0.2) is 99.3 Å². The second-order valence-electron chi connectivity index (χ2n) is 11.5. The number of aliphatic hydroxyl groups excluding tert-OH is 1. The molecule has 2 unspecified atom stereocenters. The summed E-state index contributed by atoms with van der Waals surface area (Å²) in [5.74, 6) is -1.43. The highest BCUT2D eigenvalue weighted by atomic mass is 31.2. The first-order chi connectivity index (χ1) is 22.3. The van der Waals surface area contributed by atoms with Gasteiger partial charge in [-0.1, -0.05) is 44.2 Å². The lowest BCUT2D eigenvalue weighted by Crippen LogP contribution is -2.44. The molecule has 18 heteroatoms. The van der Waals surface area contributed by atoms with E-state index in [1.807, 2.05) is 19.9 Å². The maximum absolute atomic E-state index is 14.1. The number of nitrogens with zero attached hydrogens (tertiary/aromatic N) is 4. The minimum absolute atomic E-state index is 0.00810. The van der Waals surface area contributed by atoms with Crippen LogP contribution in [0.4, 0.5) is 5.95 Å². The average Bonchev–Trinajstić information content (AvgIpc) is 3.55. The summed E-state index contributed by atoms with van der Waals surface area (Å²) >= 11 is 0. The van der Waals surface area contributed by atoms with E-state index in [9.17, 15) is 24.4 Å². The second kappa shape index (κ2) is 15.5. The van der Waals surface area contributed by atoms with Crippen molar-refractivity contribution in [1.29, 1.82) is 0 Å². The molecule has 1 aliphatic rings. The molecule has 5 N–H and O–H groups in total. The summed E-state index contributed by atoms with van der Waals surface area (Å²) in [4.78, 5) is 37.3. The molecule has 0 bridgehead atoms. The molecule has 6 atom stereocenters. The first kappa shape index (κ1) is 36.1. The fourth-order valence-corrected chi connectivity index (χ4v) is 6.61. The smallest absolute Gasteiger partial charge is 0.332 e. The van der Waals surface area contributed by atoms with Crippen LogP contribution in [0.1, 0.15) is 39.0 Å². The van der Waals surface area contributed by atoms with E-state index in [-0.39, 0.29) is 41.9 Å². The predicted molar refractivity (Wildman–Crippen MR) is 166 cm³/mol. The molecule has 1 fully saturated rings. The van der Waals surface area contributed by atoms with Crippen molar-refractivity contribution in [1.82, 2.24) is 24.6 Å². The molecule has 258 valence electrons. The third kappa shape index (κ3) is 8.81. The number of rotatable bonds is 16. The Labute approximate surface area is 271 Å². The number of carbonyl (C=O) groups excluding carboxylic acids is 2. The van der Waals surface area contributed by atoms with Crippen molar-refractivity contribution in [3.05, 3.63) is 42.2 Å². The van der Waals surface area contributed by atoms with E-state index in [0.29, 0.717) is 0 Å². The lowest BCUT2D eigenvalue weighted by Gasteiger charge is -2.28. The summed E-state index contributed by atoms with van der Waals surface area (Å²) in [5.41, 5.74) is 5.08. The molecule has 3 aromatic rings. The van der Waals surface area contributed by atoms with Crippen LogP contribution in [0.15, 0.2) is 36.7 Å². The summed E-state index contributed by atoms with van der Waals surface area (Å²) in [7, 11) is -1.54. The molecule has 1 saturated heterocycles. The molecular formula is C29H41N6O11P. The molecule has 17 nitrogen and oxygen atoms in total. The van der Waals surface area contributed by atoms with Gasteiger partial charge in [0, 0.05) is 0 Å². The molecule has 0 amide bonds. The Balaban J connectivity index is 1.49. The summed E-state index contributed by atoms with van der Waals surface area (Å²) in [6.45, 7) is 4.00. The molecule has 0 saturated carbocycles. The quantitative estimate of drug-likeness (QED) is 0.124. The number of nitrogens with one attached hydrogen (secondary N) is 1. The Hall–Kier alpha value is -3.70. The molecule has 2 aromatic heterocycles. The maximum atomic E-state index is 14.1. The van der Waals surface area contributed by atoms with Crippen LogP contribution in [-0.2, 0) is 44.2 Å². The zero-order valence-corrected chi connectivity index (χ0v) is 27.7. The standard InChI is InChI=1S/C29H41N6O11P/c1-17(2)11-19(26(38)42-5)34-47(40,16-43-14-21(36)44-12-18-9-7-6-8-10-18)45-13-20-23(37)29(3,39)27(46-20)35-15-31-22-24(35)32-28(30)33-25(22)41-4/h6-10,15,17,19-20,23,27,37,39H,11-14,16H2,1-5H3,(H,34,40)(H2,30,32,33)/t19-,20+,23?,27+,29-,47?/m0/s1. The first-order valence-corrected chi connectivity index (χ1v) is 16.6. The summed E-state index contributed by atoms with van der Waals surface area (Å²) in [6, 6.07) is 7.97. The average molecular weight is 681 g/mol. The topological polar surface area (TPSA) is 229 Å². The number of aliphatic hydroxyl groups is 2. The molecule has 1 aliphatic heterocycles. The number of aromatic nitrogens is 4. The highest BCUT2D eigenvalue weighted by Gasteiger charge is 2.54. The van der Waals surface area contributed by atoms with Crippen molar-refractivity contribution in [3.8, 4) is 5.88 Å². The lowest BCUT2D eigenvalue weighted by atomic mass is 9.96. The Morgan fingerprint density at radius 2 is 1.94 bits per heavy atom. The summed E-state index contributed by atoms with van der Waals surface area (Å²) in [6.07, 6.45) is -3.13. The van der Waals surface area contributed by atoms with Gasteiger partial charge in [0.2, 0.25) is 11.8 Å². The molecule has 0 spiro atoms. The normalized spacial score (nSPS) is 23.0. The fourth-order valence-electron chi connectivity index (χ4n) is 4.99. The number of carbonyl (C=O) groups is 2. The second-order valence-corrected chi connectivity index (χ2v) is 13.7. The highest BCUT2D eigenvalue weighted by molar-refractivity contribution is 7.56. The van der Waals surface area contributed by atoms with E-state index in [1.165, 1.54) is 32.0 Å². The number of hydrogen-bond acceptors (Lipinski definition) is 15. The predicted octanol–water partition coefficient (Wildman–Crippen LogP) is 1.53. The molecular weight excluding hydrogens is 639 g/mol. The highest BCUT2D eigenvalue weighted by Crippen LogP contribution is 2.46. The molecule has 47 heavy (non-hydrogen) atoms. The monoisotopic (exact) mass is 680 g/mol. The van der Waals surface area contributed by atoms with Gasteiger partial charge in [0.05, 0.1) is 27.2 Å². The number of nitrogen functional groups attached to an aromatic ring is 1. The van der Waals surface area contributed by atoms with E-state index in [2.05, 4.69) is 20.0 Å². The molecule has 0 aliphatic carbocycles. The number of nitrogens with two attached hydrogens (primary N) is 1. The number of ether oxygens (including phenoxy) is 5. The van der Waals surface area contributed by atoms with Crippen LogP contribution in [0.5, 0.6) is 5.88 Å². The van der Waals surface area contributed by atoms with Gasteiger partial charge >= 0.3 is 11.9 Å². The molecule has 4 rings (SSSR count). The van der Waals surface area contributed by atoms with Crippen molar-refractivity contribution in [2.75, 3.05) is 39.5 Å². The Kier molecular flexibility index (Phi) is 11.9. The third-order valence-corrected chi connectivity index (χ3v) is 9.12. The van der Waals surface area contributed by atoms with Crippen LogP contribution in [0.2, 0.25) is 0 Å².